The van der Waals surface area contributed by atoms with Crippen LogP contribution in [-0.4, -0.2) is 19.9 Å². The summed E-state index contributed by atoms with van der Waals surface area (Å²) in [7, 11) is 0. The molecule has 74 valence electrons. The van der Waals surface area contributed by atoms with Gasteiger partial charge >= 0.3 is 0 Å². The summed E-state index contributed by atoms with van der Waals surface area (Å²) < 4.78 is 6.69. The third-order valence-electron chi connectivity index (χ3n) is 2.06. The summed E-state index contributed by atoms with van der Waals surface area (Å²) in [6, 6.07) is 0. The van der Waals surface area contributed by atoms with E-state index in [9.17, 15) is 0 Å². The zero-order chi connectivity index (χ0) is 10.1. The van der Waals surface area contributed by atoms with Gasteiger partial charge in [0.15, 0.2) is 0 Å². The third kappa shape index (κ3) is 1.46. The summed E-state index contributed by atoms with van der Waals surface area (Å²) in [6.45, 7) is 4.35. The normalized spacial score (nSPS) is 10.7. The zero-order valence-electron chi connectivity index (χ0n) is 8.06. The molecular formula is C8H11N5O. The highest BCUT2D eigenvalue weighted by atomic mass is 16.5. The van der Waals surface area contributed by atoms with Gasteiger partial charge in [-0.15, -0.1) is 5.10 Å². The minimum Gasteiger partial charge on any atom is -0.367 e. The number of nitrogen functional groups attached to an aromatic ring is 1. The molecule has 0 amide bonds. The maximum Gasteiger partial charge on any atom is 0.239 e. The molecule has 2 N–H and O–H groups in total. The molecule has 0 atom stereocenters. The minimum atomic E-state index is 0.275. The molecule has 2 heterocycles. The topological polar surface area (TPSA) is 82.8 Å². The zero-order valence-corrected chi connectivity index (χ0v) is 8.06. The predicted octanol–water partition coefficient (Wildman–Crippen LogP) is 0.513. The molecule has 2 rings (SSSR count). The van der Waals surface area contributed by atoms with Gasteiger partial charge in [0.05, 0.1) is 12.2 Å². The minimum absolute atomic E-state index is 0.275. The van der Waals surface area contributed by atoms with Gasteiger partial charge in [-0.2, -0.15) is 0 Å². The Morgan fingerprint density at radius 3 is 2.79 bits per heavy atom. The van der Waals surface area contributed by atoms with Crippen molar-refractivity contribution in [2.45, 2.75) is 20.4 Å². The highest BCUT2D eigenvalue weighted by molar-refractivity contribution is 5.21. The lowest BCUT2D eigenvalue weighted by atomic mass is 10.2. The summed E-state index contributed by atoms with van der Waals surface area (Å²) in [4.78, 5) is 3.84. The van der Waals surface area contributed by atoms with Gasteiger partial charge in [0.1, 0.15) is 12.1 Å². The molecule has 6 heteroatoms. The van der Waals surface area contributed by atoms with Gasteiger partial charge in [0.25, 0.3) is 0 Å². The van der Waals surface area contributed by atoms with Crippen molar-refractivity contribution in [2.75, 3.05) is 5.73 Å². The molecule has 14 heavy (non-hydrogen) atoms. The molecule has 0 saturated heterocycles. The SMILES string of the molecule is Cc1noc(C)c1Cn1cnc(N)n1. The van der Waals surface area contributed by atoms with Gasteiger partial charge in [-0.1, -0.05) is 5.16 Å². The van der Waals surface area contributed by atoms with E-state index in [0.29, 0.717) is 6.54 Å². The van der Waals surface area contributed by atoms with Crippen molar-refractivity contribution >= 4 is 5.95 Å². The molecule has 0 aliphatic heterocycles. The molecule has 0 saturated carbocycles. The molecule has 0 fully saturated rings. The van der Waals surface area contributed by atoms with Crippen molar-refractivity contribution in [1.29, 1.82) is 0 Å². The van der Waals surface area contributed by atoms with E-state index in [4.69, 9.17) is 10.3 Å². The van der Waals surface area contributed by atoms with Crippen LogP contribution in [0.15, 0.2) is 10.9 Å². The number of nitrogens with two attached hydrogens (primary N) is 1. The summed E-state index contributed by atoms with van der Waals surface area (Å²) in [5.41, 5.74) is 7.30. The van der Waals surface area contributed by atoms with Gasteiger partial charge in [-0.25, -0.2) is 9.67 Å². The first kappa shape index (κ1) is 8.74. The molecule has 2 aromatic rings. The van der Waals surface area contributed by atoms with E-state index in [1.54, 1.807) is 11.0 Å². The Bertz CT molecular complexity index is 425. The second-order valence-electron chi connectivity index (χ2n) is 3.10. The van der Waals surface area contributed by atoms with E-state index < -0.39 is 0 Å². The summed E-state index contributed by atoms with van der Waals surface area (Å²) >= 11 is 0. The number of anilines is 1. The fraction of sp³-hybridized carbons (Fsp3) is 0.375. The van der Waals surface area contributed by atoms with Crippen molar-refractivity contribution < 1.29 is 4.52 Å². The smallest absolute Gasteiger partial charge is 0.239 e. The predicted molar refractivity (Wildman–Crippen MR) is 49.5 cm³/mol. The van der Waals surface area contributed by atoms with Crippen molar-refractivity contribution in [3.63, 3.8) is 0 Å². The number of aromatic nitrogens is 4. The number of aryl methyl sites for hydroxylation is 2. The van der Waals surface area contributed by atoms with Crippen LogP contribution in [0, 0.1) is 13.8 Å². The van der Waals surface area contributed by atoms with Crippen molar-refractivity contribution in [2.24, 2.45) is 0 Å². The highest BCUT2D eigenvalue weighted by Crippen LogP contribution is 2.13. The Hall–Kier alpha value is -1.85. The number of hydrogen-bond donors (Lipinski definition) is 1. The Morgan fingerprint density at radius 1 is 1.50 bits per heavy atom. The molecule has 0 unspecified atom stereocenters. The third-order valence-corrected chi connectivity index (χ3v) is 2.06. The molecule has 0 aliphatic carbocycles. The average molecular weight is 193 g/mol. The van der Waals surface area contributed by atoms with Crippen LogP contribution in [0.1, 0.15) is 17.0 Å². The Morgan fingerprint density at radius 2 is 2.29 bits per heavy atom. The molecule has 0 aromatic carbocycles. The van der Waals surface area contributed by atoms with E-state index in [1.807, 2.05) is 13.8 Å². The Labute approximate surface area is 80.7 Å². The van der Waals surface area contributed by atoms with Crippen LogP contribution in [0.4, 0.5) is 5.95 Å². The lowest BCUT2D eigenvalue weighted by molar-refractivity contribution is 0.391. The van der Waals surface area contributed by atoms with Gasteiger partial charge < -0.3 is 10.3 Å². The van der Waals surface area contributed by atoms with E-state index >= 15 is 0 Å². The monoisotopic (exact) mass is 193 g/mol. The van der Waals surface area contributed by atoms with Crippen LogP contribution in [0.2, 0.25) is 0 Å². The summed E-state index contributed by atoms with van der Waals surface area (Å²) in [5, 5.41) is 7.83. The molecule has 2 aromatic heterocycles. The molecule has 0 aliphatic rings. The summed E-state index contributed by atoms with van der Waals surface area (Å²) in [6.07, 6.45) is 1.58. The van der Waals surface area contributed by atoms with Gasteiger partial charge in [-0.05, 0) is 13.8 Å². The van der Waals surface area contributed by atoms with Crippen LogP contribution < -0.4 is 5.73 Å². The van der Waals surface area contributed by atoms with E-state index in [1.165, 1.54) is 0 Å². The largest absolute Gasteiger partial charge is 0.367 e. The fourth-order valence-electron chi connectivity index (χ4n) is 1.27. The number of nitrogens with zero attached hydrogens (tertiary/aromatic N) is 4. The van der Waals surface area contributed by atoms with Gasteiger partial charge in [0.2, 0.25) is 5.95 Å². The van der Waals surface area contributed by atoms with Crippen molar-refractivity contribution in [3.05, 3.63) is 23.3 Å². The van der Waals surface area contributed by atoms with Crippen LogP contribution in [0.3, 0.4) is 0 Å². The van der Waals surface area contributed by atoms with Crippen LogP contribution in [0.25, 0.3) is 0 Å². The van der Waals surface area contributed by atoms with Crippen LogP contribution in [-0.2, 0) is 6.54 Å². The fourth-order valence-corrected chi connectivity index (χ4v) is 1.27. The molecule has 6 nitrogen and oxygen atoms in total. The first-order chi connectivity index (χ1) is 6.66. The second kappa shape index (κ2) is 3.13. The number of hydrogen-bond acceptors (Lipinski definition) is 5. The van der Waals surface area contributed by atoms with E-state index in [0.717, 1.165) is 17.0 Å². The van der Waals surface area contributed by atoms with Crippen molar-refractivity contribution in [3.8, 4) is 0 Å². The van der Waals surface area contributed by atoms with Gasteiger partial charge in [0, 0.05) is 5.56 Å². The number of rotatable bonds is 2. The standard InChI is InChI=1S/C8H11N5O/c1-5-7(6(2)14-12-5)3-13-4-10-8(9)11-13/h4H,3H2,1-2H3,(H2,9,11). The molecule has 0 bridgehead atoms. The van der Waals surface area contributed by atoms with Crippen LogP contribution in [0.5, 0.6) is 0 Å². The summed E-state index contributed by atoms with van der Waals surface area (Å²) in [5.74, 6) is 1.08. The maximum atomic E-state index is 5.40. The molecular weight excluding hydrogens is 182 g/mol. The Kier molecular flexibility index (Phi) is 1.95. The molecule has 0 radical (unpaired) electrons. The first-order valence-electron chi connectivity index (χ1n) is 4.23. The molecule has 0 spiro atoms. The van der Waals surface area contributed by atoms with E-state index in [2.05, 4.69) is 15.2 Å². The lowest BCUT2D eigenvalue weighted by Crippen LogP contribution is -2.02. The maximum absolute atomic E-state index is 5.40. The van der Waals surface area contributed by atoms with Crippen LogP contribution >= 0.6 is 0 Å². The van der Waals surface area contributed by atoms with Gasteiger partial charge in [-0.3, -0.25) is 0 Å². The van der Waals surface area contributed by atoms with E-state index in [-0.39, 0.29) is 5.95 Å². The average Bonchev–Trinajstić information content (AvgIpc) is 2.67. The quantitative estimate of drug-likeness (QED) is 0.751. The first-order valence-corrected chi connectivity index (χ1v) is 4.23. The lowest BCUT2D eigenvalue weighted by Gasteiger charge is -1.98. The van der Waals surface area contributed by atoms with Crippen molar-refractivity contribution in [1.82, 2.24) is 19.9 Å². The Balaban J connectivity index is 2.26. The second-order valence-corrected chi connectivity index (χ2v) is 3.10. The highest BCUT2D eigenvalue weighted by Gasteiger charge is 2.09.